The predicted octanol–water partition coefficient (Wildman–Crippen LogP) is 0.458. The normalized spacial score (nSPS) is 12.6. The van der Waals surface area contributed by atoms with Crippen molar-refractivity contribution in [2.45, 2.75) is 6.10 Å². The van der Waals surface area contributed by atoms with E-state index in [0.717, 1.165) is 0 Å². The highest BCUT2D eigenvalue weighted by atomic mass is 19.1. The molecule has 4 nitrogen and oxygen atoms in total. The van der Waals surface area contributed by atoms with Crippen molar-refractivity contribution < 1.29 is 19.3 Å². The summed E-state index contributed by atoms with van der Waals surface area (Å²) in [7, 11) is 0. The average molecular weight is 243 g/mol. The lowest BCUT2D eigenvalue weighted by molar-refractivity contribution is 0.0910. The molecule has 0 fully saturated rings. The molecule has 0 heterocycles. The number of ether oxygens (including phenoxy) is 1. The number of aliphatic hydroxyl groups excluding tert-OH is 2. The smallest absolute Gasteiger partial charge is 0.123 e. The minimum absolute atomic E-state index is 0.00587. The van der Waals surface area contributed by atoms with Crippen molar-refractivity contribution in [1.82, 2.24) is 5.32 Å². The van der Waals surface area contributed by atoms with Crippen molar-refractivity contribution in [2.24, 2.45) is 0 Å². The monoisotopic (exact) mass is 243 g/mol. The van der Waals surface area contributed by atoms with Crippen LogP contribution in [0.3, 0.4) is 0 Å². The predicted molar refractivity (Wildman–Crippen MR) is 62.1 cm³/mol. The van der Waals surface area contributed by atoms with E-state index in [4.69, 9.17) is 9.84 Å². The van der Waals surface area contributed by atoms with Crippen LogP contribution in [0, 0.1) is 5.82 Å². The van der Waals surface area contributed by atoms with E-state index in [0.29, 0.717) is 31.9 Å². The second-order valence-electron chi connectivity index (χ2n) is 3.61. The zero-order chi connectivity index (χ0) is 12.5. The summed E-state index contributed by atoms with van der Waals surface area (Å²) < 4.78 is 17.9. The molecule has 3 N–H and O–H groups in total. The van der Waals surface area contributed by atoms with Crippen molar-refractivity contribution in [3.05, 3.63) is 35.6 Å². The Bertz CT molecular complexity index is 322. The van der Waals surface area contributed by atoms with Gasteiger partial charge in [-0.2, -0.15) is 0 Å². The first kappa shape index (κ1) is 14.1. The molecule has 1 atom stereocenters. The number of hydrogen-bond acceptors (Lipinski definition) is 4. The quantitative estimate of drug-likeness (QED) is 0.580. The van der Waals surface area contributed by atoms with E-state index in [9.17, 15) is 9.50 Å². The van der Waals surface area contributed by atoms with Crippen molar-refractivity contribution in [1.29, 1.82) is 0 Å². The topological polar surface area (TPSA) is 61.7 Å². The van der Waals surface area contributed by atoms with Crippen molar-refractivity contribution in [3.63, 3.8) is 0 Å². The third-order valence-electron chi connectivity index (χ3n) is 2.23. The van der Waals surface area contributed by atoms with Gasteiger partial charge >= 0.3 is 0 Å². The lowest BCUT2D eigenvalue weighted by Crippen LogP contribution is -2.25. The van der Waals surface area contributed by atoms with Gasteiger partial charge < -0.3 is 20.3 Å². The molecule has 0 saturated carbocycles. The SMILES string of the molecule is OCCOCCNCC(O)c1cccc(F)c1. The number of rotatable bonds is 8. The van der Waals surface area contributed by atoms with Crippen molar-refractivity contribution in [3.8, 4) is 0 Å². The maximum Gasteiger partial charge on any atom is 0.123 e. The molecule has 96 valence electrons. The van der Waals surface area contributed by atoms with Crippen LogP contribution in [0.5, 0.6) is 0 Å². The van der Waals surface area contributed by atoms with Crippen LogP contribution in [0.25, 0.3) is 0 Å². The van der Waals surface area contributed by atoms with Crippen LogP contribution < -0.4 is 5.32 Å². The molecule has 1 rings (SSSR count). The Hall–Kier alpha value is -1.01. The molecule has 17 heavy (non-hydrogen) atoms. The van der Waals surface area contributed by atoms with E-state index in [1.807, 2.05) is 0 Å². The Balaban J connectivity index is 2.19. The highest BCUT2D eigenvalue weighted by Gasteiger charge is 2.07. The molecule has 0 aliphatic rings. The van der Waals surface area contributed by atoms with Gasteiger partial charge in [0.05, 0.1) is 25.9 Å². The van der Waals surface area contributed by atoms with E-state index in [-0.39, 0.29) is 12.4 Å². The Labute approximate surface area is 100 Å². The minimum Gasteiger partial charge on any atom is -0.394 e. The summed E-state index contributed by atoms with van der Waals surface area (Å²) >= 11 is 0. The van der Waals surface area contributed by atoms with Crippen LogP contribution in [-0.2, 0) is 4.74 Å². The number of hydrogen-bond donors (Lipinski definition) is 3. The molecule has 1 aromatic carbocycles. The van der Waals surface area contributed by atoms with Gasteiger partial charge in [0, 0.05) is 13.1 Å². The summed E-state index contributed by atoms with van der Waals surface area (Å²) in [5.74, 6) is -0.354. The Morgan fingerprint density at radius 3 is 2.88 bits per heavy atom. The summed E-state index contributed by atoms with van der Waals surface area (Å²) in [6, 6.07) is 5.90. The van der Waals surface area contributed by atoms with E-state index in [1.165, 1.54) is 12.1 Å². The largest absolute Gasteiger partial charge is 0.394 e. The fraction of sp³-hybridized carbons (Fsp3) is 0.500. The van der Waals surface area contributed by atoms with Gasteiger partial charge in [-0.3, -0.25) is 0 Å². The van der Waals surface area contributed by atoms with Crippen LogP contribution in [0.15, 0.2) is 24.3 Å². The lowest BCUT2D eigenvalue weighted by Gasteiger charge is -2.12. The zero-order valence-electron chi connectivity index (χ0n) is 9.60. The van der Waals surface area contributed by atoms with Gasteiger partial charge in [-0.25, -0.2) is 4.39 Å². The van der Waals surface area contributed by atoms with Crippen LogP contribution >= 0.6 is 0 Å². The molecule has 0 amide bonds. The van der Waals surface area contributed by atoms with Gasteiger partial charge in [0.25, 0.3) is 0 Å². The average Bonchev–Trinajstić information content (AvgIpc) is 2.33. The maximum absolute atomic E-state index is 12.9. The number of aliphatic hydroxyl groups is 2. The highest BCUT2D eigenvalue weighted by molar-refractivity contribution is 5.18. The second-order valence-corrected chi connectivity index (χ2v) is 3.61. The molecule has 5 heteroatoms. The summed E-state index contributed by atoms with van der Waals surface area (Å²) in [6.07, 6.45) is -0.733. The summed E-state index contributed by atoms with van der Waals surface area (Å²) in [6.45, 7) is 1.70. The van der Waals surface area contributed by atoms with Crippen LogP contribution in [0.4, 0.5) is 4.39 Å². The number of nitrogens with one attached hydrogen (secondary N) is 1. The third-order valence-corrected chi connectivity index (χ3v) is 2.23. The van der Waals surface area contributed by atoms with Crippen LogP contribution in [0.1, 0.15) is 11.7 Å². The van der Waals surface area contributed by atoms with Crippen molar-refractivity contribution in [2.75, 3.05) is 32.9 Å². The van der Waals surface area contributed by atoms with Crippen molar-refractivity contribution >= 4 is 0 Å². The molecule has 0 aliphatic heterocycles. The summed E-state index contributed by atoms with van der Waals surface area (Å²) in [4.78, 5) is 0. The molecule has 0 spiro atoms. The zero-order valence-corrected chi connectivity index (χ0v) is 9.60. The molecule has 1 aromatic rings. The van der Waals surface area contributed by atoms with Gasteiger partial charge in [-0.05, 0) is 17.7 Å². The first-order chi connectivity index (χ1) is 8.24. The highest BCUT2D eigenvalue weighted by Crippen LogP contribution is 2.12. The minimum atomic E-state index is -0.733. The van der Waals surface area contributed by atoms with Gasteiger partial charge in [0.1, 0.15) is 5.82 Å². The molecule has 0 saturated heterocycles. The molecule has 0 aliphatic carbocycles. The van der Waals surface area contributed by atoms with Crippen LogP contribution in [-0.4, -0.2) is 43.1 Å². The first-order valence-corrected chi connectivity index (χ1v) is 5.57. The lowest BCUT2D eigenvalue weighted by atomic mass is 10.1. The van der Waals surface area contributed by atoms with Gasteiger partial charge in [0.2, 0.25) is 0 Å². The van der Waals surface area contributed by atoms with E-state index in [1.54, 1.807) is 12.1 Å². The van der Waals surface area contributed by atoms with E-state index in [2.05, 4.69) is 5.32 Å². The first-order valence-electron chi connectivity index (χ1n) is 5.57. The Morgan fingerprint density at radius 2 is 2.18 bits per heavy atom. The molecular formula is C12H18FNO3. The molecule has 0 radical (unpaired) electrons. The molecule has 1 unspecified atom stereocenters. The Morgan fingerprint density at radius 1 is 1.35 bits per heavy atom. The van der Waals surface area contributed by atoms with Gasteiger partial charge in [0.15, 0.2) is 0 Å². The third kappa shape index (κ3) is 5.74. The summed E-state index contributed by atoms with van der Waals surface area (Å²) in [5.41, 5.74) is 0.550. The molecule has 0 aromatic heterocycles. The van der Waals surface area contributed by atoms with E-state index >= 15 is 0 Å². The number of benzene rings is 1. The van der Waals surface area contributed by atoms with Gasteiger partial charge in [-0.15, -0.1) is 0 Å². The summed E-state index contributed by atoms with van der Waals surface area (Å²) in [5, 5.41) is 21.2. The molecular weight excluding hydrogens is 225 g/mol. The fourth-order valence-electron chi connectivity index (χ4n) is 1.38. The second kappa shape index (κ2) is 8.14. The Kier molecular flexibility index (Phi) is 6.73. The number of halogens is 1. The molecule has 0 bridgehead atoms. The van der Waals surface area contributed by atoms with E-state index < -0.39 is 6.10 Å². The van der Waals surface area contributed by atoms with Crippen LogP contribution in [0.2, 0.25) is 0 Å². The fourth-order valence-corrected chi connectivity index (χ4v) is 1.38. The standard InChI is InChI=1S/C12H18FNO3/c13-11-3-1-2-10(8-11)12(16)9-14-4-6-17-7-5-15/h1-3,8,12,14-16H,4-7,9H2. The van der Waals surface area contributed by atoms with Gasteiger partial charge in [-0.1, -0.05) is 12.1 Å². The maximum atomic E-state index is 12.9.